The van der Waals surface area contributed by atoms with E-state index in [1.165, 1.54) is 0 Å². The van der Waals surface area contributed by atoms with Crippen molar-refractivity contribution in [1.29, 1.82) is 0 Å². The molecule has 5 aromatic rings. The maximum absolute atomic E-state index is 11.4. The van der Waals surface area contributed by atoms with Crippen LogP contribution in [-0.4, -0.2) is 20.1 Å². The van der Waals surface area contributed by atoms with Crippen LogP contribution in [0.15, 0.2) is 59.3 Å². The molecule has 0 aliphatic carbocycles. The summed E-state index contributed by atoms with van der Waals surface area (Å²) in [7, 11) is 0. The predicted molar refractivity (Wildman–Crippen MR) is 145 cm³/mol. The van der Waals surface area contributed by atoms with Crippen LogP contribution in [0.4, 0.5) is 0 Å². The highest BCUT2D eigenvalue weighted by Gasteiger charge is 2.27. The van der Waals surface area contributed by atoms with Crippen LogP contribution in [0.25, 0.3) is 37.6 Å². The molecule has 5 rings (SSSR count). The van der Waals surface area contributed by atoms with E-state index in [-0.39, 0.29) is 16.6 Å². The van der Waals surface area contributed by atoms with Crippen molar-refractivity contribution in [3.8, 4) is 32.3 Å². The van der Waals surface area contributed by atoms with E-state index in [1.807, 2.05) is 6.07 Å². The Balaban J connectivity index is 1.82. The van der Waals surface area contributed by atoms with E-state index in [4.69, 9.17) is 10.2 Å². The minimum absolute atomic E-state index is 0.0840. The average molecular weight is 488 g/mol. The number of rotatable bonds is 3. The molecule has 0 saturated heterocycles. The zero-order valence-corrected chi connectivity index (χ0v) is 22.0. The van der Waals surface area contributed by atoms with Crippen LogP contribution >= 0.6 is 22.7 Å². The highest BCUT2D eigenvalue weighted by Crippen LogP contribution is 2.41. The second-order valence-electron chi connectivity index (χ2n) is 10.7. The molecule has 0 fully saturated rings. The van der Waals surface area contributed by atoms with Gasteiger partial charge in [-0.15, -0.1) is 37.7 Å². The molecule has 2 aromatic carbocycles. The summed E-state index contributed by atoms with van der Waals surface area (Å²) in [5, 5.41) is 25.5. The molecule has 0 radical (unpaired) electrons. The Kier molecular flexibility index (Phi) is 5.41. The largest absolute Gasteiger partial charge is 0.505 e. The van der Waals surface area contributed by atoms with Gasteiger partial charge in [-0.05, 0) is 45.4 Å². The first-order valence-electron chi connectivity index (χ1n) is 11.4. The lowest BCUT2D eigenvalue weighted by Gasteiger charge is -2.27. The fourth-order valence-corrected chi connectivity index (χ4v) is 5.64. The van der Waals surface area contributed by atoms with Crippen LogP contribution in [-0.2, 0) is 10.8 Å². The van der Waals surface area contributed by atoms with Crippen LogP contribution in [0.2, 0.25) is 0 Å². The first-order chi connectivity index (χ1) is 16.0. The third-order valence-electron chi connectivity index (χ3n) is 6.09. The minimum atomic E-state index is -0.225. The number of phenols is 1. The number of aromatic hydroxyl groups is 1. The van der Waals surface area contributed by atoms with Crippen LogP contribution in [0.5, 0.6) is 5.75 Å². The summed E-state index contributed by atoms with van der Waals surface area (Å²) in [6.45, 7) is 12.9. The zero-order valence-electron chi connectivity index (χ0n) is 20.4. The molecule has 34 heavy (non-hydrogen) atoms. The lowest BCUT2D eigenvalue weighted by Crippen LogP contribution is -2.18. The van der Waals surface area contributed by atoms with Gasteiger partial charge < -0.3 is 5.11 Å². The molecule has 6 heteroatoms. The lowest BCUT2D eigenvalue weighted by molar-refractivity contribution is 0.438. The number of thiophene rings is 2. The Labute approximate surface area is 208 Å². The van der Waals surface area contributed by atoms with Crippen molar-refractivity contribution >= 4 is 33.7 Å². The maximum atomic E-state index is 11.4. The van der Waals surface area contributed by atoms with E-state index in [9.17, 15) is 5.11 Å². The van der Waals surface area contributed by atoms with Gasteiger partial charge in [0.15, 0.2) is 0 Å². The average Bonchev–Trinajstić information content (AvgIpc) is 3.52. The molecule has 0 amide bonds. The molecule has 0 aliphatic heterocycles. The molecule has 0 unspecified atom stereocenters. The van der Waals surface area contributed by atoms with Crippen LogP contribution in [0.3, 0.4) is 0 Å². The monoisotopic (exact) mass is 487 g/mol. The van der Waals surface area contributed by atoms with Crippen molar-refractivity contribution in [2.45, 2.75) is 52.4 Å². The standard InChI is InChI=1S/C28H29N3OS2/c1-27(2,3)17-15-20(28(4,5)6)26(32)21(16-17)31-29-24-18(22-9-7-13-33-22)11-12-19(25(24)30-31)23-10-8-14-34-23/h7-16,32H,1-6H3. The normalized spacial score (nSPS) is 12.5. The zero-order chi connectivity index (χ0) is 24.3. The van der Waals surface area contributed by atoms with Gasteiger partial charge in [0.1, 0.15) is 22.5 Å². The maximum Gasteiger partial charge on any atom is 0.146 e. The predicted octanol–water partition coefficient (Wildman–Crippen LogP) is 8.18. The van der Waals surface area contributed by atoms with Crippen LogP contribution in [0, 0.1) is 0 Å². The van der Waals surface area contributed by atoms with Gasteiger partial charge in [0.2, 0.25) is 0 Å². The molecule has 0 atom stereocenters. The summed E-state index contributed by atoms with van der Waals surface area (Å²) < 4.78 is 0. The van der Waals surface area contributed by atoms with Gasteiger partial charge in [0.05, 0.1) is 0 Å². The van der Waals surface area contributed by atoms with Crippen molar-refractivity contribution in [3.63, 3.8) is 0 Å². The summed E-state index contributed by atoms with van der Waals surface area (Å²) in [4.78, 5) is 3.93. The van der Waals surface area contributed by atoms with Gasteiger partial charge in [-0.25, -0.2) is 0 Å². The fraction of sp³-hybridized carbons (Fsp3) is 0.286. The Hall–Kier alpha value is -2.96. The second kappa shape index (κ2) is 8.07. The van der Waals surface area contributed by atoms with Crippen LogP contribution in [0.1, 0.15) is 52.7 Å². The Morgan fingerprint density at radius 2 is 1.26 bits per heavy atom. The first kappa shape index (κ1) is 22.8. The van der Waals surface area contributed by atoms with Crippen molar-refractivity contribution in [1.82, 2.24) is 15.0 Å². The Morgan fingerprint density at radius 3 is 1.68 bits per heavy atom. The third-order valence-corrected chi connectivity index (χ3v) is 7.90. The highest BCUT2D eigenvalue weighted by molar-refractivity contribution is 7.14. The van der Waals surface area contributed by atoms with E-state index >= 15 is 0 Å². The number of aromatic nitrogens is 3. The number of fused-ring (bicyclic) bond motifs is 1. The molecule has 0 bridgehead atoms. The fourth-order valence-electron chi connectivity index (χ4n) is 4.14. The molecular formula is C28H29N3OS2. The van der Waals surface area contributed by atoms with Gasteiger partial charge in [0.25, 0.3) is 0 Å². The molecule has 1 N–H and O–H groups in total. The summed E-state index contributed by atoms with van der Waals surface area (Å²) >= 11 is 3.38. The van der Waals surface area contributed by atoms with Crippen molar-refractivity contribution < 1.29 is 5.11 Å². The van der Waals surface area contributed by atoms with Crippen molar-refractivity contribution in [3.05, 3.63) is 70.4 Å². The van der Waals surface area contributed by atoms with Crippen LogP contribution < -0.4 is 0 Å². The molecule has 3 heterocycles. The summed E-state index contributed by atoms with van der Waals surface area (Å²) in [6, 6.07) is 16.7. The van der Waals surface area contributed by atoms with E-state index in [0.29, 0.717) is 5.69 Å². The highest BCUT2D eigenvalue weighted by atomic mass is 32.1. The number of hydrogen-bond acceptors (Lipinski definition) is 5. The second-order valence-corrected chi connectivity index (χ2v) is 12.6. The van der Waals surface area contributed by atoms with Gasteiger partial charge in [0, 0.05) is 26.4 Å². The minimum Gasteiger partial charge on any atom is -0.505 e. The Morgan fingerprint density at radius 1 is 0.735 bits per heavy atom. The molecule has 3 aromatic heterocycles. The van der Waals surface area contributed by atoms with E-state index in [2.05, 4.69) is 94.8 Å². The Bertz CT molecular complexity index is 1390. The topological polar surface area (TPSA) is 50.9 Å². The van der Waals surface area contributed by atoms with Gasteiger partial charge >= 0.3 is 0 Å². The lowest BCUT2D eigenvalue weighted by atomic mass is 9.80. The quantitative estimate of drug-likeness (QED) is 0.279. The number of benzene rings is 2. The molecule has 4 nitrogen and oxygen atoms in total. The van der Waals surface area contributed by atoms with Gasteiger partial charge in [-0.2, -0.15) is 0 Å². The summed E-state index contributed by atoms with van der Waals surface area (Å²) in [6.07, 6.45) is 0. The molecule has 0 spiro atoms. The van der Waals surface area contributed by atoms with E-state index < -0.39 is 0 Å². The number of hydrogen-bond donors (Lipinski definition) is 1. The summed E-state index contributed by atoms with van der Waals surface area (Å²) in [5.74, 6) is 0.233. The third kappa shape index (κ3) is 3.95. The van der Waals surface area contributed by atoms with Crippen molar-refractivity contribution in [2.75, 3.05) is 0 Å². The molecule has 0 aliphatic rings. The molecule has 174 valence electrons. The SMILES string of the molecule is CC(C)(C)c1cc(-n2nc3c(-c4cccs4)ccc(-c4cccs4)c3n2)c(O)c(C(C)(C)C)c1. The first-order valence-corrected chi connectivity index (χ1v) is 13.2. The summed E-state index contributed by atoms with van der Waals surface area (Å²) in [5.41, 5.74) is 6.13. The molecular weight excluding hydrogens is 458 g/mol. The van der Waals surface area contributed by atoms with Gasteiger partial charge in [-0.3, -0.25) is 0 Å². The number of phenolic OH excluding ortho intramolecular Hbond substituents is 1. The van der Waals surface area contributed by atoms with Gasteiger partial charge in [-0.1, -0.05) is 71.9 Å². The van der Waals surface area contributed by atoms with Crippen molar-refractivity contribution in [2.24, 2.45) is 0 Å². The molecule has 0 saturated carbocycles. The number of nitrogens with zero attached hydrogens (tertiary/aromatic N) is 3. The van der Waals surface area contributed by atoms with E-state index in [1.54, 1.807) is 27.5 Å². The smallest absolute Gasteiger partial charge is 0.146 e. The van der Waals surface area contributed by atoms with E-state index in [0.717, 1.165) is 43.0 Å².